The minimum absolute atomic E-state index is 0.702. The Hall–Kier alpha value is -5.31. The van der Waals surface area contributed by atoms with Gasteiger partial charge in [0.25, 0.3) is 0 Å². The summed E-state index contributed by atoms with van der Waals surface area (Å²) in [5.74, 6) is 0.702. The molecule has 0 fully saturated rings. The fourth-order valence-corrected chi connectivity index (χ4v) is 5.52. The normalized spacial score (nSPS) is 10.9. The molecule has 0 amide bonds. The molecule has 0 aliphatic heterocycles. The molecule has 0 atom stereocenters. The fraction of sp³-hybridized carbons (Fsp3) is 0. The van der Waals surface area contributed by atoms with E-state index >= 15 is 0 Å². The van der Waals surface area contributed by atoms with Gasteiger partial charge in [-0.25, -0.2) is 9.97 Å². The second-order valence-corrected chi connectivity index (χ2v) is 10.9. The van der Waals surface area contributed by atoms with Crippen molar-refractivity contribution >= 4 is 11.6 Å². The third-order valence-corrected chi connectivity index (χ3v) is 7.79. The van der Waals surface area contributed by atoms with E-state index in [0.717, 1.165) is 55.4 Å². The molecule has 2 nitrogen and oxygen atoms in total. The van der Waals surface area contributed by atoms with Crippen LogP contribution in [0.5, 0.6) is 0 Å². The number of aromatic nitrogens is 2. The average Bonchev–Trinajstić information content (AvgIpc) is 3.09. The highest BCUT2D eigenvalue weighted by Crippen LogP contribution is 2.33. The topological polar surface area (TPSA) is 25.8 Å². The molecule has 0 spiro atoms. The van der Waals surface area contributed by atoms with E-state index in [4.69, 9.17) is 21.6 Å². The van der Waals surface area contributed by atoms with E-state index in [-0.39, 0.29) is 0 Å². The highest BCUT2D eigenvalue weighted by Gasteiger charge is 2.12. The lowest BCUT2D eigenvalue weighted by molar-refractivity contribution is 1.18. The second kappa shape index (κ2) is 11.9. The van der Waals surface area contributed by atoms with Gasteiger partial charge in [0.2, 0.25) is 0 Å². The first-order valence-electron chi connectivity index (χ1n) is 14.3. The molecule has 0 aliphatic rings. The molecule has 0 bridgehead atoms. The van der Waals surface area contributed by atoms with Crippen LogP contribution in [-0.4, -0.2) is 9.97 Å². The Labute approximate surface area is 257 Å². The molecule has 3 heteroatoms. The summed E-state index contributed by atoms with van der Waals surface area (Å²) in [5.41, 5.74) is 11.7. The van der Waals surface area contributed by atoms with Crippen LogP contribution in [-0.2, 0) is 0 Å². The van der Waals surface area contributed by atoms with Crippen molar-refractivity contribution in [3.05, 3.63) is 169 Å². The third kappa shape index (κ3) is 5.88. The lowest BCUT2D eigenvalue weighted by Crippen LogP contribution is -1.96. The van der Waals surface area contributed by atoms with Crippen LogP contribution < -0.4 is 0 Å². The molecular weight excluding hydrogens is 544 g/mol. The zero-order chi connectivity index (χ0) is 29.0. The maximum atomic E-state index is 6.28. The predicted molar refractivity (Wildman–Crippen MR) is 180 cm³/mol. The third-order valence-electron chi connectivity index (χ3n) is 7.56. The summed E-state index contributed by atoms with van der Waals surface area (Å²) in [5, 5.41) is 0.730. The molecule has 204 valence electrons. The number of halogens is 1. The molecule has 0 unspecified atom stereocenters. The summed E-state index contributed by atoms with van der Waals surface area (Å²) in [6.07, 6.45) is 0. The van der Waals surface area contributed by atoms with Gasteiger partial charge in [-0.15, -0.1) is 0 Å². The summed E-state index contributed by atoms with van der Waals surface area (Å²) in [4.78, 5) is 10.1. The highest BCUT2D eigenvalue weighted by atomic mass is 35.5. The number of hydrogen-bond acceptors (Lipinski definition) is 2. The van der Waals surface area contributed by atoms with E-state index in [0.29, 0.717) is 5.82 Å². The molecule has 0 aliphatic carbocycles. The predicted octanol–water partition coefficient (Wildman–Crippen LogP) is 11.1. The van der Waals surface area contributed by atoms with Gasteiger partial charge in [0, 0.05) is 21.7 Å². The summed E-state index contributed by atoms with van der Waals surface area (Å²) in [6, 6.07) is 56.3. The number of nitrogens with zero attached hydrogens (tertiary/aromatic N) is 2. The van der Waals surface area contributed by atoms with E-state index in [9.17, 15) is 0 Å². The molecule has 0 saturated heterocycles. The van der Waals surface area contributed by atoms with E-state index < -0.39 is 0 Å². The zero-order valence-corrected chi connectivity index (χ0v) is 24.1. The molecule has 0 N–H and O–H groups in total. The number of rotatable bonds is 6. The average molecular weight is 571 g/mol. The van der Waals surface area contributed by atoms with Crippen molar-refractivity contribution in [1.82, 2.24) is 9.97 Å². The minimum Gasteiger partial charge on any atom is -0.228 e. The van der Waals surface area contributed by atoms with Crippen LogP contribution >= 0.6 is 11.6 Å². The van der Waals surface area contributed by atoms with E-state index in [1.54, 1.807) is 0 Å². The van der Waals surface area contributed by atoms with Crippen molar-refractivity contribution < 1.29 is 0 Å². The molecule has 0 saturated carbocycles. The SMILES string of the molecule is Clc1cccc(-c2cccc(-c3cccc(-c4cc(-c5ccc(-c6ccccc6)cc5)nc(-c5ccccc5)n4)c3)c2)c1. The van der Waals surface area contributed by atoms with Crippen LogP contribution in [0.15, 0.2) is 164 Å². The molecule has 43 heavy (non-hydrogen) atoms. The molecule has 0 radical (unpaired) electrons. The first-order valence-corrected chi connectivity index (χ1v) is 14.6. The van der Waals surface area contributed by atoms with E-state index in [2.05, 4.69) is 121 Å². The van der Waals surface area contributed by atoms with Crippen molar-refractivity contribution in [2.45, 2.75) is 0 Å². The first-order chi connectivity index (χ1) is 21.2. The first kappa shape index (κ1) is 26.6. The molecule has 1 aromatic heterocycles. The van der Waals surface area contributed by atoms with Crippen LogP contribution in [0.4, 0.5) is 0 Å². The second-order valence-electron chi connectivity index (χ2n) is 10.4. The number of hydrogen-bond donors (Lipinski definition) is 0. The van der Waals surface area contributed by atoms with Crippen molar-refractivity contribution in [2.75, 3.05) is 0 Å². The Bertz CT molecular complexity index is 2020. The maximum Gasteiger partial charge on any atom is 0.160 e. The van der Waals surface area contributed by atoms with Crippen molar-refractivity contribution in [3.63, 3.8) is 0 Å². The van der Waals surface area contributed by atoms with Crippen molar-refractivity contribution in [3.8, 4) is 67.3 Å². The Morgan fingerprint density at radius 2 is 0.721 bits per heavy atom. The van der Waals surface area contributed by atoms with E-state index in [1.807, 2.05) is 42.5 Å². The van der Waals surface area contributed by atoms with Gasteiger partial charge >= 0.3 is 0 Å². The molecule has 7 rings (SSSR count). The van der Waals surface area contributed by atoms with Crippen LogP contribution in [0, 0.1) is 0 Å². The largest absolute Gasteiger partial charge is 0.228 e. The Morgan fingerprint density at radius 1 is 0.302 bits per heavy atom. The smallest absolute Gasteiger partial charge is 0.160 e. The Morgan fingerprint density at radius 3 is 1.33 bits per heavy atom. The van der Waals surface area contributed by atoms with Gasteiger partial charge in [-0.05, 0) is 63.7 Å². The Balaban J connectivity index is 1.29. The van der Waals surface area contributed by atoms with Gasteiger partial charge in [0.15, 0.2) is 5.82 Å². The Kier molecular flexibility index (Phi) is 7.35. The maximum absolute atomic E-state index is 6.28. The van der Waals surface area contributed by atoms with Crippen molar-refractivity contribution in [1.29, 1.82) is 0 Å². The van der Waals surface area contributed by atoms with Gasteiger partial charge < -0.3 is 0 Å². The number of benzene rings is 6. The molecule has 1 heterocycles. The minimum atomic E-state index is 0.702. The summed E-state index contributed by atoms with van der Waals surface area (Å²) >= 11 is 6.28. The summed E-state index contributed by atoms with van der Waals surface area (Å²) < 4.78 is 0. The van der Waals surface area contributed by atoms with Crippen LogP contribution in [0.2, 0.25) is 5.02 Å². The summed E-state index contributed by atoms with van der Waals surface area (Å²) in [6.45, 7) is 0. The molecular formula is C40H27ClN2. The van der Waals surface area contributed by atoms with E-state index in [1.165, 1.54) is 11.1 Å². The lowest BCUT2D eigenvalue weighted by atomic mass is 9.97. The monoisotopic (exact) mass is 570 g/mol. The quantitative estimate of drug-likeness (QED) is 0.199. The molecule has 6 aromatic carbocycles. The molecule has 7 aromatic rings. The van der Waals surface area contributed by atoms with Gasteiger partial charge in [0.05, 0.1) is 11.4 Å². The van der Waals surface area contributed by atoms with Gasteiger partial charge in [0.1, 0.15) is 0 Å². The van der Waals surface area contributed by atoms with Crippen LogP contribution in [0.25, 0.3) is 67.3 Å². The van der Waals surface area contributed by atoms with Crippen LogP contribution in [0.1, 0.15) is 0 Å². The van der Waals surface area contributed by atoms with Gasteiger partial charge in [-0.2, -0.15) is 0 Å². The van der Waals surface area contributed by atoms with Gasteiger partial charge in [-0.1, -0.05) is 145 Å². The lowest BCUT2D eigenvalue weighted by Gasteiger charge is -2.12. The fourth-order valence-electron chi connectivity index (χ4n) is 5.33. The highest BCUT2D eigenvalue weighted by molar-refractivity contribution is 6.30. The van der Waals surface area contributed by atoms with Crippen molar-refractivity contribution in [2.24, 2.45) is 0 Å². The van der Waals surface area contributed by atoms with Gasteiger partial charge in [-0.3, -0.25) is 0 Å². The zero-order valence-electron chi connectivity index (χ0n) is 23.4. The summed E-state index contributed by atoms with van der Waals surface area (Å²) in [7, 11) is 0. The standard InChI is InChI=1S/C40H27ClN2/c41-37-19-9-17-35(26-37)33-15-7-14-32(24-33)34-16-8-18-36(25-34)39-27-38(42-40(43-39)31-12-5-2-6-13-31)30-22-20-29(21-23-30)28-10-3-1-4-11-28/h1-27H. The van der Waals surface area contributed by atoms with Crippen LogP contribution in [0.3, 0.4) is 0 Å².